The molecule has 7 heteroatoms. The number of rotatable bonds is 2. The van der Waals surface area contributed by atoms with Gasteiger partial charge >= 0.3 is 5.97 Å². The van der Waals surface area contributed by atoms with Gasteiger partial charge in [0.25, 0.3) is 0 Å². The molecule has 0 saturated heterocycles. The first kappa shape index (κ1) is 10.9. The Bertz CT molecular complexity index is 636. The van der Waals surface area contributed by atoms with Gasteiger partial charge in [0, 0.05) is 11.6 Å². The SMILES string of the molecule is O=C(O)c1cc(-c2ccc(Cl)c3c2OCO3)no1. The zero-order valence-electron chi connectivity index (χ0n) is 8.84. The topological polar surface area (TPSA) is 81.8 Å². The van der Waals surface area contributed by atoms with Crippen LogP contribution in [0.3, 0.4) is 0 Å². The molecule has 1 aliphatic rings. The van der Waals surface area contributed by atoms with Crippen LogP contribution in [0.1, 0.15) is 10.6 Å². The standard InChI is InChI=1S/C11H6ClNO5/c12-6-2-1-5(9-10(6)17-4-16-9)7-3-8(11(14)15)18-13-7/h1-3H,4H2,(H,14,15). The molecule has 0 amide bonds. The maximum Gasteiger partial charge on any atom is 0.374 e. The van der Waals surface area contributed by atoms with Crippen LogP contribution in [0.15, 0.2) is 22.7 Å². The van der Waals surface area contributed by atoms with Gasteiger partial charge in [0.1, 0.15) is 5.69 Å². The molecule has 2 aromatic rings. The molecule has 0 spiro atoms. The van der Waals surface area contributed by atoms with Crippen LogP contribution in [0.5, 0.6) is 11.5 Å². The molecule has 3 rings (SSSR count). The summed E-state index contributed by atoms with van der Waals surface area (Å²) in [4.78, 5) is 10.7. The Kier molecular flexibility index (Phi) is 2.38. The number of carboxylic acids is 1. The zero-order valence-corrected chi connectivity index (χ0v) is 9.60. The molecular weight excluding hydrogens is 262 g/mol. The van der Waals surface area contributed by atoms with Crippen molar-refractivity contribution < 1.29 is 23.9 Å². The van der Waals surface area contributed by atoms with Crippen LogP contribution in [0.2, 0.25) is 5.02 Å². The largest absolute Gasteiger partial charge is 0.475 e. The summed E-state index contributed by atoms with van der Waals surface area (Å²) in [5.74, 6) is -0.564. The molecule has 0 unspecified atom stereocenters. The van der Waals surface area contributed by atoms with Crippen LogP contribution in [-0.4, -0.2) is 23.0 Å². The molecule has 0 atom stereocenters. The molecule has 1 N–H and O–H groups in total. The number of hydrogen-bond donors (Lipinski definition) is 1. The van der Waals surface area contributed by atoms with Gasteiger partial charge in [-0.1, -0.05) is 16.8 Å². The van der Waals surface area contributed by atoms with Gasteiger partial charge in [0.15, 0.2) is 11.5 Å². The third kappa shape index (κ3) is 1.58. The molecule has 2 heterocycles. The first-order valence-corrected chi connectivity index (χ1v) is 5.33. The summed E-state index contributed by atoms with van der Waals surface area (Å²) >= 11 is 5.94. The molecule has 0 aliphatic carbocycles. The molecule has 1 aromatic heterocycles. The normalized spacial score (nSPS) is 12.7. The van der Waals surface area contributed by atoms with E-state index in [0.717, 1.165) is 0 Å². The number of nitrogens with zero attached hydrogens (tertiary/aromatic N) is 1. The summed E-state index contributed by atoms with van der Waals surface area (Å²) in [5, 5.41) is 12.9. The smallest absolute Gasteiger partial charge is 0.374 e. The van der Waals surface area contributed by atoms with Gasteiger partial charge in [-0.25, -0.2) is 4.79 Å². The monoisotopic (exact) mass is 267 g/mol. The van der Waals surface area contributed by atoms with Crippen LogP contribution in [0, 0.1) is 0 Å². The summed E-state index contributed by atoms with van der Waals surface area (Å²) in [6.07, 6.45) is 0. The van der Waals surface area contributed by atoms with Gasteiger partial charge in [-0.2, -0.15) is 0 Å². The lowest BCUT2D eigenvalue weighted by Gasteiger charge is -2.03. The highest BCUT2D eigenvalue weighted by Crippen LogP contribution is 2.45. The Morgan fingerprint density at radius 3 is 2.83 bits per heavy atom. The predicted molar refractivity (Wildman–Crippen MR) is 60.0 cm³/mol. The van der Waals surface area contributed by atoms with Crippen molar-refractivity contribution in [3.05, 3.63) is 29.0 Å². The second-order valence-electron chi connectivity index (χ2n) is 3.54. The second kappa shape index (κ2) is 3.92. The first-order valence-electron chi connectivity index (χ1n) is 4.95. The van der Waals surface area contributed by atoms with Crippen molar-refractivity contribution >= 4 is 17.6 Å². The molecule has 6 nitrogen and oxygen atoms in total. The molecule has 0 radical (unpaired) electrons. The molecule has 92 valence electrons. The summed E-state index contributed by atoms with van der Waals surface area (Å²) in [5.41, 5.74) is 0.925. The fraction of sp³-hybridized carbons (Fsp3) is 0.0909. The van der Waals surface area contributed by atoms with Crippen LogP contribution >= 0.6 is 11.6 Å². The minimum Gasteiger partial charge on any atom is -0.475 e. The second-order valence-corrected chi connectivity index (χ2v) is 3.95. The van der Waals surface area contributed by atoms with Gasteiger partial charge in [-0.3, -0.25) is 0 Å². The van der Waals surface area contributed by atoms with Gasteiger partial charge in [0.2, 0.25) is 12.6 Å². The fourth-order valence-corrected chi connectivity index (χ4v) is 1.87. The van der Waals surface area contributed by atoms with Crippen molar-refractivity contribution in [3.8, 4) is 22.8 Å². The Balaban J connectivity index is 2.12. The maximum absolute atomic E-state index is 10.7. The lowest BCUT2D eigenvalue weighted by molar-refractivity contribution is 0.0652. The van der Waals surface area contributed by atoms with E-state index in [1.165, 1.54) is 6.07 Å². The molecule has 1 aromatic carbocycles. The number of halogens is 1. The fourth-order valence-electron chi connectivity index (χ4n) is 1.67. The van der Waals surface area contributed by atoms with E-state index >= 15 is 0 Å². The number of hydrogen-bond acceptors (Lipinski definition) is 5. The lowest BCUT2D eigenvalue weighted by atomic mass is 10.1. The quantitative estimate of drug-likeness (QED) is 0.900. The molecule has 1 aliphatic heterocycles. The zero-order chi connectivity index (χ0) is 12.7. The molecule has 0 bridgehead atoms. The molecular formula is C11H6ClNO5. The average molecular weight is 268 g/mol. The summed E-state index contributed by atoms with van der Waals surface area (Å²) < 4.78 is 15.2. The Morgan fingerprint density at radius 1 is 1.33 bits per heavy atom. The number of aromatic carboxylic acids is 1. The highest BCUT2D eigenvalue weighted by atomic mass is 35.5. The lowest BCUT2D eigenvalue weighted by Crippen LogP contribution is -1.93. The van der Waals surface area contributed by atoms with Crippen molar-refractivity contribution in [2.45, 2.75) is 0 Å². The van der Waals surface area contributed by atoms with E-state index in [0.29, 0.717) is 27.8 Å². The number of carboxylic acid groups (broad SMARTS) is 1. The van der Waals surface area contributed by atoms with Crippen LogP contribution in [0.4, 0.5) is 0 Å². The van der Waals surface area contributed by atoms with E-state index in [-0.39, 0.29) is 12.6 Å². The Hall–Kier alpha value is -2.21. The van der Waals surface area contributed by atoms with Gasteiger partial charge in [0.05, 0.1) is 5.02 Å². The first-order chi connectivity index (χ1) is 8.66. The minimum atomic E-state index is -1.18. The Morgan fingerprint density at radius 2 is 2.11 bits per heavy atom. The summed E-state index contributed by atoms with van der Waals surface area (Å²) in [7, 11) is 0. The van der Waals surface area contributed by atoms with E-state index in [1.807, 2.05) is 0 Å². The third-order valence-electron chi connectivity index (χ3n) is 2.47. The average Bonchev–Trinajstić information content (AvgIpc) is 2.98. The highest BCUT2D eigenvalue weighted by molar-refractivity contribution is 6.32. The number of fused-ring (bicyclic) bond motifs is 1. The predicted octanol–water partition coefficient (Wildman–Crippen LogP) is 2.42. The summed E-state index contributed by atoms with van der Waals surface area (Å²) in [6.45, 7) is 0.0652. The third-order valence-corrected chi connectivity index (χ3v) is 2.77. The number of benzene rings is 1. The molecule has 0 fully saturated rings. The summed E-state index contributed by atoms with van der Waals surface area (Å²) in [6, 6.07) is 4.60. The van der Waals surface area contributed by atoms with Crippen molar-refractivity contribution in [2.24, 2.45) is 0 Å². The number of carbonyl (C=O) groups is 1. The van der Waals surface area contributed by atoms with Crippen LogP contribution in [0.25, 0.3) is 11.3 Å². The van der Waals surface area contributed by atoms with Gasteiger partial charge < -0.3 is 19.1 Å². The van der Waals surface area contributed by atoms with E-state index < -0.39 is 5.97 Å². The van der Waals surface area contributed by atoms with Crippen LogP contribution in [-0.2, 0) is 0 Å². The van der Waals surface area contributed by atoms with Crippen molar-refractivity contribution in [3.63, 3.8) is 0 Å². The van der Waals surface area contributed by atoms with E-state index in [2.05, 4.69) is 5.16 Å². The van der Waals surface area contributed by atoms with Crippen molar-refractivity contribution in [1.82, 2.24) is 5.16 Å². The molecule has 18 heavy (non-hydrogen) atoms. The van der Waals surface area contributed by atoms with Gasteiger partial charge in [-0.15, -0.1) is 0 Å². The molecule has 0 saturated carbocycles. The van der Waals surface area contributed by atoms with Crippen LogP contribution < -0.4 is 9.47 Å². The van der Waals surface area contributed by atoms with E-state index in [4.69, 9.17) is 30.7 Å². The Labute approximate surface area is 106 Å². The van der Waals surface area contributed by atoms with Crippen molar-refractivity contribution in [2.75, 3.05) is 6.79 Å². The highest BCUT2D eigenvalue weighted by Gasteiger charge is 2.24. The minimum absolute atomic E-state index is 0.0652. The van der Waals surface area contributed by atoms with E-state index in [9.17, 15) is 4.79 Å². The van der Waals surface area contributed by atoms with Crippen molar-refractivity contribution in [1.29, 1.82) is 0 Å². The number of ether oxygens (including phenoxy) is 2. The van der Waals surface area contributed by atoms with Gasteiger partial charge in [-0.05, 0) is 12.1 Å². The maximum atomic E-state index is 10.7. The number of aromatic nitrogens is 1. The van der Waals surface area contributed by atoms with E-state index in [1.54, 1.807) is 12.1 Å².